The smallest absolute Gasteiger partial charge is 0.249 e. The molecule has 2 aliphatic heterocycles. The van der Waals surface area contributed by atoms with Crippen LogP contribution in [-0.2, 0) is 14.3 Å². The van der Waals surface area contributed by atoms with Gasteiger partial charge in [-0.15, -0.1) is 0 Å². The molecule has 92 valence electrons. The number of amides is 1. The number of nitrogens with two attached hydrogens (primary N) is 1. The first-order valence-electron chi connectivity index (χ1n) is 6.03. The van der Waals surface area contributed by atoms with Crippen molar-refractivity contribution in [3.8, 4) is 0 Å². The highest BCUT2D eigenvalue weighted by Crippen LogP contribution is 2.19. The van der Waals surface area contributed by atoms with E-state index in [2.05, 4.69) is 5.32 Å². The Kier molecular flexibility index (Phi) is 4.15. The van der Waals surface area contributed by atoms with Crippen LogP contribution in [0.3, 0.4) is 0 Å². The SMILES string of the molecule is NC[C@H]1CC[C@@H](C(=O)NC2CCCOC2)O1. The summed E-state index contributed by atoms with van der Waals surface area (Å²) >= 11 is 0. The molecule has 5 nitrogen and oxygen atoms in total. The van der Waals surface area contributed by atoms with Crippen molar-refractivity contribution in [1.29, 1.82) is 0 Å². The first-order chi connectivity index (χ1) is 7.79. The van der Waals surface area contributed by atoms with Gasteiger partial charge in [-0.05, 0) is 25.7 Å². The summed E-state index contributed by atoms with van der Waals surface area (Å²) in [7, 11) is 0. The summed E-state index contributed by atoms with van der Waals surface area (Å²) < 4.78 is 10.8. The van der Waals surface area contributed by atoms with Crippen LogP contribution in [-0.4, -0.2) is 43.9 Å². The summed E-state index contributed by atoms with van der Waals surface area (Å²) in [6.07, 6.45) is 3.42. The van der Waals surface area contributed by atoms with Gasteiger partial charge in [-0.25, -0.2) is 0 Å². The second-order valence-electron chi connectivity index (χ2n) is 4.48. The fraction of sp³-hybridized carbons (Fsp3) is 0.909. The molecule has 0 aromatic heterocycles. The summed E-state index contributed by atoms with van der Waals surface area (Å²) in [4.78, 5) is 11.8. The molecule has 2 fully saturated rings. The molecule has 0 aliphatic carbocycles. The molecule has 3 atom stereocenters. The van der Waals surface area contributed by atoms with Crippen LogP contribution in [0.1, 0.15) is 25.7 Å². The van der Waals surface area contributed by atoms with Crippen molar-refractivity contribution in [1.82, 2.24) is 5.32 Å². The van der Waals surface area contributed by atoms with Gasteiger partial charge in [0.05, 0.1) is 18.8 Å². The molecule has 2 heterocycles. The van der Waals surface area contributed by atoms with Gasteiger partial charge in [0.2, 0.25) is 5.91 Å². The molecule has 3 N–H and O–H groups in total. The standard InChI is InChI=1S/C11H20N2O3/c12-6-9-3-4-10(16-9)11(14)13-8-2-1-5-15-7-8/h8-10H,1-7,12H2,(H,13,14)/t8?,9-,10+/m1/s1. The number of hydrogen-bond acceptors (Lipinski definition) is 4. The van der Waals surface area contributed by atoms with Crippen molar-refractivity contribution >= 4 is 5.91 Å². The number of carbonyl (C=O) groups is 1. The van der Waals surface area contributed by atoms with Crippen LogP contribution >= 0.6 is 0 Å². The van der Waals surface area contributed by atoms with Gasteiger partial charge in [0, 0.05) is 13.2 Å². The van der Waals surface area contributed by atoms with Gasteiger partial charge >= 0.3 is 0 Å². The topological polar surface area (TPSA) is 73.6 Å². The second kappa shape index (κ2) is 5.61. The molecule has 2 aliphatic rings. The Labute approximate surface area is 95.7 Å². The van der Waals surface area contributed by atoms with Crippen molar-refractivity contribution < 1.29 is 14.3 Å². The molecule has 0 saturated carbocycles. The van der Waals surface area contributed by atoms with E-state index in [-0.39, 0.29) is 24.2 Å². The Morgan fingerprint density at radius 2 is 2.25 bits per heavy atom. The predicted molar refractivity (Wildman–Crippen MR) is 58.9 cm³/mol. The van der Waals surface area contributed by atoms with E-state index >= 15 is 0 Å². The highest BCUT2D eigenvalue weighted by atomic mass is 16.5. The zero-order valence-corrected chi connectivity index (χ0v) is 9.48. The van der Waals surface area contributed by atoms with Crippen LogP contribution in [0.4, 0.5) is 0 Å². The minimum absolute atomic E-state index is 0.00792. The third-order valence-electron chi connectivity index (χ3n) is 3.17. The van der Waals surface area contributed by atoms with Crippen molar-refractivity contribution in [3.63, 3.8) is 0 Å². The molecule has 0 bridgehead atoms. The fourth-order valence-electron chi connectivity index (χ4n) is 2.22. The van der Waals surface area contributed by atoms with Gasteiger partial charge < -0.3 is 20.5 Å². The molecule has 0 radical (unpaired) electrons. The van der Waals surface area contributed by atoms with Crippen molar-refractivity contribution in [3.05, 3.63) is 0 Å². The maximum Gasteiger partial charge on any atom is 0.249 e. The normalized spacial score (nSPS) is 34.9. The van der Waals surface area contributed by atoms with E-state index in [1.54, 1.807) is 0 Å². The van der Waals surface area contributed by atoms with Crippen LogP contribution in [0.5, 0.6) is 0 Å². The highest BCUT2D eigenvalue weighted by molar-refractivity contribution is 5.81. The number of hydrogen-bond donors (Lipinski definition) is 2. The zero-order chi connectivity index (χ0) is 11.4. The third kappa shape index (κ3) is 2.93. The first kappa shape index (κ1) is 11.8. The Bertz CT molecular complexity index is 241. The minimum Gasteiger partial charge on any atom is -0.379 e. The van der Waals surface area contributed by atoms with Gasteiger partial charge in [0.1, 0.15) is 6.10 Å². The summed E-state index contributed by atoms with van der Waals surface area (Å²) in [5.74, 6) is -0.00792. The van der Waals surface area contributed by atoms with E-state index in [0.717, 1.165) is 32.3 Å². The molecule has 0 spiro atoms. The Morgan fingerprint density at radius 1 is 1.38 bits per heavy atom. The Balaban J connectivity index is 1.75. The molecule has 0 aromatic rings. The van der Waals surface area contributed by atoms with Crippen LogP contribution in [0, 0.1) is 0 Å². The Morgan fingerprint density at radius 3 is 2.88 bits per heavy atom. The van der Waals surface area contributed by atoms with E-state index in [0.29, 0.717) is 13.2 Å². The number of nitrogens with one attached hydrogen (secondary N) is 1. The van der Waals surface area contributed by atoms with Crippen LogP contribution in [0.25, 0.3) is 0 Å². The average Bonchev–Trinajstić information content (AvgIpc) is 2.79. The van der Waals surface area contributed by atoms with Gasteiger partial charge in [0.25, 0.3) is 0 Å². The predicted octanol–water partition coefficient (Wildman–Crippen LogP) is -0.212. The summed E-state index contributed by atoms with van der Waals surface area (Å²) in [6.45, 7) is 1.93. The van der Waals surface area contributed by atoms with Gasteiger partial charge in [-0.3, -0.25) is 4.79 Å². The summed E-state index contributed by atoms with van der Waals surface area (Å²) in [6, 6.07) is 0.154. The van der Waals surface area contributed by atoms with Crippen molar-refractivity contribution in [2.75, 3.05) is 19.8 Å². The van der Waals surface area contributed by atoms with Gasteiger partial charge in [0.15, 0.2) is 0 Å². The van der Waals surface area contributed by atoms with E-state index in [9.17, 15) is 4.79 Å². The molecule has 1 unspecified atom stereocenters. The summed E-state index contributed by atoms with van der Waals surface area (Å²) in [5.41, 5.74) is 5.50. The highest BCUT2D eigenvalue weighted by Gasteiger charge is 2.31. The Hall–Kier alpha value is -0.650. The number of rotatable bonds is 3. The van der Waals surface area contributed by atoms with Gasteiger partial charge in [-0.2, -0.15) is 0 Å². The lowest BCUT2D eigenvalue weighted by atomic mass is 10.1. The number of ether oxygens (including phenoxy) is 2. The molecular weight excluding hydrogens is 208 g/mol. The maximum absolute atomic E-state index is 11.8. The van der Waals surface area contributed by atoms with Crippen LogP contribution in [0.15, 0.2) is 0 Å². The maximum atomic E-state index is 11.8. The second-order valence-corrected chi connectivity index (χ2v) is 4.48. The van der Waals surface area contributed by atoms with Crippen LogP contribution < -0.4 is 11.1 Å². The molecular formula is C11H20N2O3. The lowest BCUT2D eigenvalue weighted by molar-refractivity contribution is -0.133. The summed E-state index contributed by atoms with van der Waals surface area (Å²) in [5, 5.41) is 2.98. The molecule has 0 aromatic carbocycles. The average molecular weight is 228 g/mol. The lowest BCUT2D eigenvalue weighted by Crippen LogP contribution is -2.45. The van der Waals surface area contributed by atoms with Crippen molar-refractivity contribution in [2.24, 2.45) is 5.73 Å². The van der Waals surface area contributed by atoms with Gasteiger partial charge in [-0.1, -0.05) is 0 Å². The fourth-order valence-corrected chi connectivity index (χ4v) is 2.22. The first-order valence-corrected chi connectivity index (χ1v) is 6.03. The molecule has 1 amide bonds. The monoisotopic (exact) mass is 228 g/mol. The molecule has 2 saturated heterocycles. The minimum atomic E-state index is -0.310. The zero-order valence-electron chi connectivity index (χ0n) is 9.48. The van der Waals surface area contributed by atoms with E-state index in [1.165, 1.54) is 0 Å². The van der Waals surface area contributed by atoms with E-state index in [4.69, 9.17) is 15.2 Å². The molecule has 5 heteroatoms. The molecule has 16 heavy (non-hydrogen) atoms. The molecule has 2 rings (SSSR count). The quantitative estimate of drug-likeness (QED) is 0.701. The lowest BCUT2D eigenvalue weighted by Gasteiger charge is -2.24. The third-order valence-corrected chi connectivity index (χ3v) is 3.17. The van der Waals surface area contributed by atoms with Crippen LogP contribution in [0.2, 0.25) is 0 Å². The van der Waals surface area contributed by atoms with E-state index in [1.807, 2.05) is 0 Å². The van der Waals surface area contributed by atoms with E-state index < -0.39 is 0 Å². The van der Waals surface area contributed by atoms with Crippen molar-refractivity contribution in [2.45, 2.75) is 43.9 Å². The number of carbonyl (C=O) groups excluding carboxylic acids is 1. The largest absolute Gasteiger partial charge is 0.379 e.